The Balaban J connectivity index is 2.31. The summed E-state index contributed by atoms with van der Waals surface area (Å²) in [5, 5.41) is 15.2. The maximum Gasteiger partial charge on any atom is 0.121 e. The number of hydrogen-bond acceptors (Lipinski definition) is 2. The lowest BCUT2D eigenvalue weighted by Crippen LogP contribution is -2.09. The molecule has 0 fully saturated rings. The van der Waals surface area contributed by atoms with Crippen molar-refractivity contribution < 1.29 is 5.11 Å². The van der Waals surface area contributed by atoms with Crippen LogP contribution in [0.15, 0.2) is 30.3 Å². The third kappa shape index (κ3) is 3.73. The van der Waals surface area contributed by atoms with Crippen LogP contribution in [0.4, 0.5) is 0 Å². The van der Waals surface area contributed by atoms with Crippen LogP contribution < -0.4 is 0 Å². The number of nitrogens with zero attached hydrogens (tertiary/aromatic N) is 2. The molecule has 0 amide bonds. The van der Waals surface area contributed by atoms with E-state index < -0.39 is 6.10 Å². The average molecular weight is 286 g/mol. The summed E-state index contributed by atoms with van der Waals surface area (Å²) in [7, 11) is 0. The highest BCUT2D eigenvalue weighted by atomic mass is 16.3. The fourth-order valence-electron chi connectivity index (χ4n) is 2.67. The first-order valence-corrected chi connectivity index (χ1v) is 7.88. The maximum atomic E-state index is 10.7. The molecule has 114 valence electrons. The summed E-state index contributed by atoms with van der Waals surface area (Å²) < 4.78 is 1.90. The maximum absolute atomic E-state index is 10.7. The molecule has 1 heterocycles. The Morgan fingerprint density at radius 3 is 2.57 bits per heavy atom. The highest BCUT2D eigenvalue weighted by Crippen LogP contribution is 2.24. The van der Waals surface area contributed by atoms with Gasteiger partial charge in [0.05, 0.1) is 11.4 Å². The van der Waals surface area contributed by atoms with Gasteiger partial charge >= 0.3 is 0 Å². The molecule has 2 rings (SSSR count). The molecule has 0 saturated heterocycles. The van der Waals surface area contributed by atoms with Crippen LogP contribution in [-0.4, -0.2) is 14.9 Å². The van der Waals surface area contributed by atoms with E-state index in [2.05, 4.69) is 44.9 Å². The van der Waals surface area contributed by atoms with Crippen LogP contribution in [0.1, 0.15) is 56.3 Å². The minimum absolute atomic E-state index is 0.607. The molecule has 1 aromatic heterocycles. The van der Waals surface area contributed by atoms with Gasteiger partial charge in [0.1, 0.15) is 6.10 Å². The van der Waals surface area contributed by atoms with E-state index in [0.717, 1.165) is 36.3 Å². The van der Waals surface area contributed by atoms with Crippen LogP contribution >= 0.6 is 0 Å². The van der Waals surface area contributed by atoms with Gasteiger partial charge in [0.15, 0.2) is 0 Å². The lowest BCUT2D eigenvalue weighted by Gasteiger charge is -2.14. The molecule has 3 heteroatoms. The van der Waals surface area contributed by atoms with Crippen molar-refractivity contribution in [2.24, 2.45) is 5.92 Å². The molecule has 3 nitrogen and oxygen atoms in total. The molecule has 0 radical (unpaired) electrons. The Labute approximate surface area is 127 Å². The third-order valence-electron chi connectivity index (χ3n) is 3.71. The smallest absolute Gasteiger partial charge is 0.121 e. The van der Waals surface area contributed by atoms with Crippen molar-refractivity contribution in [2.75, 3.05) is 0 Å². The Morgan fingerprint density at radius 1 is 1.19 bits per heavy atom. The van der Waals surface area contributed by atoms with E-state index in [4.69, 9.17) is 0 Å². The molecule has 1 unspecified atom stereocenters. The van der Waals surface area contributed by atoms with Crippen molar-refractivity contribution in [3.63, 3.8) is 0 Å². The van der Waals surface area contributed by atoms with Crippen LogP contribution in [0.5, 0.6) is 0 Å². The van der Waals surface area contributed by atoms with Gasteiger partial charge in [0.2, 0.25) is 0 Å². The molecule has 2 aromatic rings. The number of benzene rings is 1. The monoisotopic (exact) mass is 286 g/mol. The van der Waals surface area contributed by atoms with Crippen molar-refractivity contribution in [3.05, 3.63) is 52.8 Å². The second-order valence-electron chi connectivity index (χ2n) is 5.98. The Bertz CT molecular complexity index is 587. The Hall–Kier alpha value is -1.61. The molecule has 0 aliphatic heterocycles. The molecule has 0 aliphatic carbocycles. The summed E-state index contributed by atoms with van der Waals surface area (Å²) in [5.41, 5.74) is 4.14. The van der Waals surface area contributed by atoms with Crippen LogP contribution in [0.2, 0.25) is 0 Å². The topological polar surface area (TPSA) is 38.0 Å². The van der Waals surface area contributed by atoms with Crippen molar-refractivity contribution >= 4 is 0 Å². The number of aliphatic hydroxyl groups excluding tert-OH is 1. The van der Waals surface area contributed by atoms with E-state index in [1.165, 1.54) is 5.56 Å². The van der Waals surface area contributed by atoms with E-state index >= 15 is 0 Å². The zero-order valence-electron chi connectivity index (χ0n) is 13.5. The summed E-state index contributed by atoms with van der Waals surface area (Å²) in [4.78, 5) is 0. The van der Waals surface area contributed by atoms with Gasteiger partial charge < -0.3 is 5.11 Å². The molecule has 0 aliphatic rings. The first kappa shape index (κ1) is 15.8. The lowest BCUT2D eigenvalue weighted by atomic mass is 9.98. The number of rotatable bonds is 6. The highest BCUT2D eigenvalue weighted by Gasteiger charge is 2.17. The van der Waals surface area contributed by atoms with Gasteiger partial charge in [-0.3, -0.25) is 4.68 Å². The molecular weight excluding hydrogens is 260 g/mol. The fourth-order valence-corrected chi connectivity index (χ4v) is 2.67. The predicted octanol–water partition coefficient (Wildman–Crippen LogP) is 3.75. The molecule has 1 aromatic carbocycles. The van der Waals surface area contributed by atoms with Gasteiger partial charge in [-0.2, -0.15) is 5.10 Å². The molecule has 21 heavy (non-hydrogen) atoms. The van der Waals surface area contributed by atoms with Crippen molar-refractivity contribution in [1.29, 1.82) is 0 Å². The van der Waals surface area contributed by atoms with Crippen LogP contribution in [0, 0.1) is 5.92 Å². The van der Waals surface area contributed by atoms with Gasteiger partial charge in [0.25, 0.3) is 0 Å². The Morgan fingerprint density at radius 2 is 1.95 bits per heavy atom. The van der Waals surface area contributed by atoms with E-state index in [0.29, 0.717) is 5.92 Å². The summed E-state index contributed by atoms with van der Waals surface area (Å²) in [5.74, 6) is 0.616. The van der Waals surface area contributed by atoms with Gasteiger partial charge in [0, 0.05) is 6.54 Å². The van der Waals surface area contributed by atoms with Crippen LogP contribution in [-0.2, 0) is 19.4 Å². The molecule has 1 atom stereocenters. The van der Waals surface area contributed by atoms with Crippen LogP contribution in [0.3, 0.4) is 0 Å². The molecule has 0 spiro atoms. The van der Waals surface area contributed by atoms with E-state index in [9.17, 15) is 5.11 Å². The molecular formula is C18H26N2O. The van der Waals surface area contributed by atoms with Gasteiger partial charge in [-0.05, 0) is 42.9 Å². The second-order valence-corrected chi connectivity index (χ2v) is 5.98. The Kier molecular flexibility index (Phi) is 5.18. The van der Waals surface area contributed by atoms with E-state index in [1.54, 1.807) is 0 Å². The number of aliphatic hydroxyl groups is 1. The van der Waals surface area contributed by atoms with Crippen molar-refractivity contribution in [3.8, 4) is 0 Å². The minimum atomic E-state index is -0.607. The van der Waals surface area contributed by atoms with Gasteiger partial charge in [-0.1, -0.05) is 45.0 Å². The van der Waals surface area contributed by atoms with Crippen molar-refractivity contribution in [2.45, 2.75) is 53.2 Å². The zero-order valence-corrected chi connectivity index (χ0v) is 13.5. The average Bonchev–Trinajstić information content (AvgIpc) is 2.89. The minimum Gasteiger partial charge on any atom is -0.382 e. The zero-order chi connectivity index (χ0) is 15.4. The summed E-state index contributed by atoms with van der Waals surface area (Å²) in [6.45, 7) is 9.34. The predicted molar refractivity (Wildman–Crippen MR) is 86.3 cm³/mol. The van der Waals surface area contributed by atoms with Gasteiger partial charge in [-0.25, -0.2) is 0 Å². The second kappa shape index (κ2) is 6.90. The largest absolute Gasteiger partial charge is 0.382 e. The molecule has 0 saturated carbocycles. The molecule has 0 bridgehead atoms. The first-order valence-electron chi connectivity index (χ1n) is 7.88. The normalized spacial score (nSPS) is 12.9. The number of hydrogen-bond donors (Lipinski definition) is 1. The number of aryl methyl sites for hydroxylation is 2. The third-order valence-corrected chi connectivity index (χ3v) is 3.71. The van der Waals surface area contributed by atoms with Crippen LogP contribution in [0.25, 0.3) is 0 Å². The SMILES string of the molecule is CCc1cc(C(O)c2cccc(CC(C)C)c2)n(CC)n1. The quantitative estimate of drug-likeness (QED) is 0.878. The first-order chi connectivity index (χ1) is 10.0. The van der Waals surface area contributed by atoms with Gasteiger partial charge in [-0.15, -0.1) is 0 Å². The van der Waals surface area contributed by atoms with E-state index in [1.807, 2.05) is 22.9 Å². The summed E-state index contributed by atoms with van der Waals surface area (Å²) in [6, 6.07) is 10.3. The fraction of sp³-hybridized carbons (Fsp3) is 0.500. The summed E-state index contributed by atoms with van der Waals surface area (Å²) in [6.07, 6.45) is 1.32. The van der Waals surface area contributed by atoms with Crippen molar-refractivity contribution in [1.82, 2.24) is 9.78 Å². The lowest BCUT2D eigenvalue weighted by molar-refractivity contribution is 0.208. The van der Waals surface area contributed by atoms with E-state index in [-0.39, 0.29) is 0 Å². The standard InChI is InChI=1S/C18H26N2O/c1-5-16-12-17(20(6-2)19-16)18(21)15-9-7-8-14(11-15)10-13(3)4/h7-9,11-13,18,21H,5-6,10H2,1-4H3. The molecule has 1 N–H and O–H groups in total. The number of aromatic nitrogens is 2. The summed E-state index contributed by atoms with van der Waals surface area (Å²) >= 11 is 0. The highest BCUT2D eigenvalue weighted by molar-refractivity contribution is 5.31.